The van der Waals surface area contributed by atoms with Crippen LogP contribution < -0.4 is 11.1 Å². The Morgan fingerprint density at radius 2 is 2.15 bits per heavy atom. The number of rotatable bonds is 3. The van der Waals surface area contributed by atoms with E-state index in [0.29, 0.717) is 18.7 Å². The van der Waals surface area contributed by atoms with E-state index in [4.69, 9.17) is 10.5 Å². The number of anilines is 1. The van der Waals surface area contributed by atoms with Crippen molar-refractivity contribution in [3.8, 4) is 0 Å². The van der Waals surface area contributed by atoms with E-state index in [9.17, 15) is 13.2 Å². The monoisotopic (exact) mass is 298 g/mol. The van der Waals surface area contributed by atoms with Crippen LogP contribution in [0.15, 0.2) is 23.1 Å². The van der Waals surface area contributed by atoms with Crippen LogP contribution >= 0.6 is 0 Å². The van der Waals surface area contributed by atoms with Crippen molar-refractivity contribution in [1.29, 1.82) is 0 Å². The van der Waals surface area contributed by atoms with Gasteiger partial charge in [-0.25, -0.2) is 8.42 Å². The number of sulfone groups is 1. The predicted octanol–water partition coefficient (Wildman–Crippen LogP) is 0.455. The standard InChI is InChI=1S/C13H18N2O4S/c1-9-3-4-10(20(2,17)18)7-11(9)15-12(16)13(14)5-6-19-8-13/h3-4,7H,5-6,8,14H2,1-2H3,(H,15,16). The Labute approximate surface area is 118 Å². The van der Waals surface area contributed by atoms with Gasteiger partial charge in [0.1, 0.15) is 5.54 Å². The number of amides is 1. The number of aryl methyl sites for hydroxylation is 1. The van der Waals surface area contributed by atoms with Crippen molar-refractivity contribution in [2.24, 2.45) is 5.73 Å². The molecule has 1 saturated heterocycles. The van der Waals surface area contributed by atoms with Gasteiger partial charge >= 0.3 is 0 Å². The zero-order chi connectivity index (χ0) is 15.0. The molecule has 6 nitrogen and oxygen atoms in total. The fourth-order valence-electron chi connectivity index (χ4n) is 1.97. The summed E-state index contributed by atoms with van der Waals surface area (Å²) in [5, 5.41) is 2.70. The Balaban J connectivity index is 2.27. The number of ether oxygens (including phenoxy) is 1. The Kier molecular flexibility index (Phi) is 3.86. The molecule has 1 unspecified atom stereocenters. The third-order valence-electron chi connectivity index (χ3n) is 3.39. The molecule has 0 aromatic heterocycles. The van der Waals surface area contributed by atoms with Crippen LogP contribution in [0.1, 0.15) is 12.0 Å². The maximum absolute atomic E-state index is 12.2. The van der Waals surface area contributed by atoms with Gasteiger partial charge in [-0.3, -0.25) is 4.79 Å². The van der Waals surface area contributed by atoms with E-state index < -0.39 is 15.4 Å². The van der Waals surface area contributed by atoms with Gasteiger partial charge in [-0.2, -0.15) is 0 Å². The van der Waals surface area contributed by atoms with E-state index in [0.717, 1.165) is 11.8 Å². The van der Waals surface area contributed by atoms with Gasteiger partial charge in [0, 0.05) is 18.6 Å². The van der Waals surface area contributed by atoms with E-state index >= 15 is 0 Å². The van der Waals surface area contributed by atoms with Crippen LogP contribution in [0, 0.1) is 6.92 Å². The number of nitrogens with two attached hydrogens (primary N) is 1. The molecule has 20 heavy (non-hydrogen) atoms. The van der Waals surface area contributed by atoms with Gasteiger partial charge in [-0.15, -0.1) is 0 Å². The molecule has 0 radical (unpaired) electrons. The fraction of sp³-hybridized carbons (Fsp3) is 0.462. The Bertz CT molecular complexity index is 634. The topological polar surface area (TPSA) is 98.5 Å². The molecule has 1 aromatic carbocycles. The highest BCUT2D eigenvalue weighted by Gasteiger charge is 2.38. The lowest BCUT2D eigenvalue weighted by atomic mass is 9.99. The maximum Gasteiger partial charge on any atom is 0.246 e. The molecular weight excluding hydrogens is 280 g/mol. The van der Waals surface area contributed by atoms with Crippen molar-refractivity contribution < 1.29 is 17.9 Å². The summed E-state index contributed by atoms with van der Waals surface area (Å²) in [6, 6.07) is 4.61. The zero-order valence-electron chi connectivity index (χ0n) is 11.5. The largest absolute Gasteiger partial charge is 0.379 e. The number of benzene rings is 1. The minimum Gasteiger partial charge on any atom is -0.379 e. The summed E-state index contributed by atoms with van der Waals surface area (Å²) < 4.78 is 28.2. The summed E-state index contributed by atoms with van der Waals surface area (Å²) >= 11 is 0. The van der Waals surface area contributed by atoms with Crippen LogP contribution in [-0.2, 0) is 19.4 Å². The molecule has 0 spiro atoms. The second-order valence-electron chi connectivity index (χ2n) is 5.16. The van der Waals surface area contributed by atoms with Crippen molar-refractivity contribution in [1.82, 2.24) is 0 Å². The van der Waals surface area contributed by atoms with Gasteiger partial charge < -0.3 is 15.8 Å². The van der Waals surface area contributed by atoms with Crippen LogP contribution in [0.25, 0.3) is 0 Å². The Morgan fingerprint density at radius 1 is 1.45 bits per heavy atom. The van der Waals surface area contributed by atoms with Gasteiger partial charge in [-0.1, -0.05) is 6.07 Å². The molecule has 0 saturated carbocycles. The third-order valence-corrected chi connectivity index (χ3v) is 4.50. The highest BCUT2D eigenvalue weighted by atomic mass is 32.2. The molecule has 0 aliphatic carbocycles. The minimum absolute atomic E-state index is 0.159. The number of carbonyl (C=O) groups is 1. The molecule has 1 atom stereocenters. The lowest BCUT2D eigenvalue weighted by Gasteiger charge is -2.21. The van der Waals surface area contributed by atoms with Crippen LogP contribution in [0.5, 0.6) is 0 Å². The van der Waals surface area contributed by atoms with E-state index in [1.807, 2.05) is 0 Å². The summed E-state index contributed by atoms with van der Waals surface area (Å²) in [5.74, 6) is -0.358. The van der Waals surface area contributed by atoms with Crippen molar-refractivity contribution in [3.05, 3.63) is 23.8 Å². The number of hydrogen-bond donors (Lipinski definition) is 2. The average Bonchev–Trinajstić information content (AvgIpc) is 2.79. The highest BCUT2D eigenvalue weighted by molar-refractivity contribution is 7.90. The van der Waals surface area contributed by atoms with Crippen molar-refractivity contribution in [3.63, 3.8) is 0 Å². The molecule has 0 bridgehead atoms. The minimum atomic E-state index is -3.32. The number of hydrogen-bond acceptors (Lipinski definition) is 5. The lowest BCUT2D eigenvalue weighted by Crippen LogP contribution is -2.51. The average molecular weight is 298 g/mol. The van der Waals surface area contributed by atoms with Gasteiger partial charge in [0.25, 0.3) is 0 Å². The van der Waals surface area contributed by atoms with Crippen LogP contribution in [0.4, 0.5) is 5.69 Å². The van der Waals surface area contributed by atoms with E-state index in [1.54, 1.807) is 13.0 Å². The molecule has 1 aliphatic rings. The molecular formula is C13H18N2O4S. The van der Waals surface area contributed by atoms with Crippen molar-refractivity contribution in [2.45, 2.75) is 23.8 Å². The smallest absolute Gasteiger partial charge is 0.246 e. The summed E-state index contributed by atoms with van der Waals surface area (Å²) in [6.45, 7) is 2.41. The zero-order valence-corrected chi connectivity index (χ0v) is 12.3. The van der Waals surface area contributed by atoms with Gasteiger partial charge in [0.05, 0.1) is 11.5 Å². The van der Waals surface area contributed by atoms with E-state index in [-0.39, 0.29) is 17.4 Å². The van der Waals surface area contributed by atoms with Gasteiger partial charge in [-0.05, 0) is 31.0 Å². The fourth-order valence-corrected chi connectivity index (χ4v) is 2.62. The quantitative estimate of drug-likeness (QED) is 0.844. The maximum atomic E-state index is 12.2. The van der Waals surface area contributed by atoms with E-state index in [2.05, 4.69) is 5.32 Å². The first kappa shape index (κ1) is 15.0. The molecule has 1 heterocycles. The number of carbonyl (C=O) groups excluding carboxylic acids is 1. The summed E-state index contributed by atoms with van der Waals surface area (Å²) in [7, 11) is -3.32. The molecule has 110 valence electrons. The summed E-state index contributed by atoms with van der Waals surface area (Å²) in [4.78, 5) is 12.3. The van der Waals surface area contributed by atoms with E-state index in [1.165, 1.54) is 12.1 Å². The van der Waals surface area contributed by atoms with Gasteiger partial charge in [0.2, 0.25) is 5.91 Å². The van der Waals surface area contributed by atoms with Crippen LogP contribution in [-0.4, -0.2) is 39.3 Å². The SMILES string of the molecule is Cc1ccc(S(C)(=O)=O)cc1NC(=O)C1(N)CCOC1. The first-order valence-electron chi connectivity index (χ1n) is 6.21. The molecule has 1 amide bonds. The highest BCUT2D eigenvalue weighted by Crippen LogP contribution is 2.23. The lowest BCUT2D eigenvalue weighted by molar-refractivity contribution is -0.121. The molecule has 3 N–H and O–H groups in total. The Hall–Kier alpha value is -1.44. The van der Waals surface area contributed by atoms with Crippen molar-refractivity contribution >= 4 is 21.4 Å². The molecule has 1 fully saturated rings. The summed E-state index contributed by atoms with van der Waals surface area (Å²) in [5.41, 5.74) is 6.15. The Morgan fingerprint density at radius 3 is 2.70 bits per heavy atom. The molecule has 1 aromatic rings. The predicted molar refractivity (Wildman–Crippen MR) is 75.3 cm³/mol. The molecule has 2 rings (SSSR count). The van der Waals surface area contributed by atoms with Crippen molar-refractivity contribution in [2.75, 3.05) is 24.8 Å². The van der Waals surface area contributed by atoms with Crippen LogP contribution in [0.2, 0.25) is 0 Å². The second kappa shape index (κ2) is 5.16. The normalized spacial score (nSPS) is 22.8. The number of nitrogens with one attached hydrogen (secondary N) is 1. The molecule has 7 heteroatoms. The first-order valence-corrected chi connectivity index (χ1v) is 8.10. The third kappa shape index (κ3) is 3.00. The summed E-state index contributed by atoms with van der Waals surface area (Å²) in [6.07, 6.45) is 1.57. The first-order chi connectivity index (χ1) is 9.22. The molecule has 1 aliphatic heterocycles. The second-order valence-corrected chi connectivity index (χ2v) is 7.18. The van der Waals surface area contributed by atoms with Gasteiger partial charge in [0.15, 0.2) is 9.84 Å². The van der Waals surface area contributed by atoms with Crippen LogP contribution in [0.3, 0.4) is 0 Å².